The Morgan fingerprint density at radius 2 is 0.609 bits per heavy atom. The molecule has 64 heavy (non-hydrogen) atoms. The summed E-state index contributed by atoms with van der Waals surface area (Å²) in [6.45, 7) is 10.9. The van der Waals surface area contributed by atoms with Crippen molar-refractivity contribution in [3.8, 4) is 0 Å². The predicted molar refractivity (Wildman–Crippen MR) is 218 cm³/mol. The zero-order chi connectivity index (χ0) is 48.2. The molecule has 0 heterocycles. The molecule has 0 saturated carbocycles. The molecule has 0 amide bonds. The summed E-state index contributed by atoms with van der Waals surface area (Å²) in [6.07, 6.45) is 4.25. The Labute approximate surface area is 368 Å². The lowest BCUT2D eigenvalue weighted by molar-refractivity contribution is -0.159. The molecule has 0 spiro atoms. The van der Waals surface area contributed by atoms with E-state index in [2.05, 4.69) is 32.9 Å². The third-order valence-corrected chi connectivity index (χ3v) is 8.41. The van der Waals surface area contributed by atoms with Gasteiger partial charge >= 0.3 is 47.8 Å². The molecule has 0 aliphatic rings. The molecular weight excluding hydrogens is 852 g/mol. The van der Waals surface area contributed by atoms with E-state index >= 15 is 0 Å². The maximum absolute atomic E-state index is 13.9. The Morgan fingerprint density at radius 1 is 0.391 bits per heavy atom. The number of ether oxygens (including phenoxy) is 12. The smallest absolute Gasteiger partial charge is 0.338 e. The summed E-state index contributed by atoms with van der Waals surface area (Å²) in [6, 6.07) is 2.97. The fraction of sp³-hybridized carbons (Fsp3) is 0.419. The molecule has 0 saturated heterocycles. The van der Waals surface area contributed by atoms with Gasteiger partial charge in [-0.15, -0.1) is 0 Å². The van der Waals surface area contributed by atoms with Gasteiger partial charge in [-0.05, 0) is 18.2 Å². The Bertz CT molecular complexity index is 1800. The summed E-state index contributed by atoms with van der Waals surface area (Å²) in [4.78, 5) is 113. The van der Waals surface area contributed by atoms with E-state index in [-0.39, 0.29) is 32.9 Å². The van der Waals surface area contributed by atoms with Crippen molar-refractivity contribution in [1.82, 2.24) is 0 Å². The van der Waals surface area contributed by atoms with Crippen LogP contribution in [0.25, 0.3) is 0 Å². The summed E-state index contributed by atoms with van der Waals surface area (Å²) in [5.41, 5.74) is -5.84. The lowest BCUT2D eigenvalue weighted by atomic mass is 9.92. The van der Waals surface area contributed by atoms with Gasteiger partial charge < -0.3 is 56.8 Å². The van der Waals surface area contributed by atoms with E-state index < -0.39 is 134 Å². The summed E-state index contributed by atoms with van der Waals surface area (Å²) in [5.74, 6) is -8.01. The Balaban J connectivity index is 3.84. The van der Waals surface area contributed by atoms with Crippen LogP contribution in [-0.2, 0) is 85.6 Å². The molecule has 0 aromatic heterocycles. The second-order valence-corrected chi connectivity index (χ2v) is 13.8. The lowest BCUT2D eigenvalue weighted by Crippen LogP contribution is -2.43. The molecule has 0 fully saturated rings. The second kappa shape index (κ2) is 28.6. The van der Waals surface area contributed by atoms with E-state index in [1.165, 1.54) is 21.3 Å². The van der Waals surface area contributed by atoms with Crippen LogP contribution < -0.4 is 0 Å². The van der Waals surface area contributed by atoms with Gasteiger partial charge in [0.05, 0.1) is 47.3 Å². The number of carbonyl (C=O) groups is 9. The molecule has 0 radical (unpaired) electrons. The monoisotopic (exact) mass is 904 g/mol. The Kier molecular flexibility index (Phi) is 24.6. The van der Waals surface area contributed by atoms with E-state index in [1.807, 2.05) is 0 Å². The normalized spacial score (nSPS) is 11.7. The molecule has 1 aromatic carbocycles. The van der Waals surface area contributed by atoms with E-state index in [0.29, 0.717) is 0 Å². The number of benzene rings is 1. The molecule has 0 aliphatic heterocycles. The first-order valence-electron chi connectivity index (χ1n) is 18.6. The van der Waals surface area contributed by atoms with Gasteiger partial charge in [-0.2, -0.15) is 0 Å². The van der Waals surface area contributed by atoms with Crippen LogP contribution in [0.2, 0.25) is 0 Å². The largest absolute Gasteiger partial charge is 0.467 e. The van der Waals surface area contributed by atoms with Gasteiger partial charge in [0, 0.05) is 51.7 Å². The minimum atomic E-state index is -1.77. The second-order valence-electron chi connectivity index (χ2n) is 13.8. The number of methoxy groups -OCH3 is 3. The van der Waals surface area contributed by atoms with Crippen LogP contribution in [0, 0.1) is 16.2 Å². The van der Waals surface area contributed by atoms with E-state index in [1.54, 1.807) is 0 Å². The Morgan fingerprint density at radius 3 is 0.828 bits per heavy atom. The van der Waals surface area contributed by atoms with Crippen LogP contribution >= 0.6 is 0 Å². The average Bonchev–Trinajstić information content (AvgIpc) is 3.31. The average molecular weight is 905 g/mol. The van der Waals surface area contributed by atoms with Crippen molar-refractivity contribution in [2.75, 3.05) is 101 Å². The lowest BCUT2D eigenvalue weighted by Gasteiger charge is -2.31. The molecular formula is C43H52O21. The molecule has 21 nitrogen and oxygen atoms in total. The summed E-state index contributed by atoms with van der Waals surface area (Å²) >= 11 is 0. The number of rotatable bonds is 33. The van der Waals surface area contributed by atoms with Crippen molar-refractivity contribution in [1.29, 1.82) is 0 Å². The number of carbonyl (C=O) groups excluding carboxylic acids is 9. The fourth-order valence-electron chi connectivity index (χ4n) is 5.18. The first-order valence-corrected chi connectivity index (χ1v) is 18.6. The predicted octanol–water partition coefficient (Wildman–Crippen LogP) is 1.87. The maximum atomic E-state index is 13.9. The fourth-order valence-corrected chi connectivity index (χ4v) is 5.18. The van der Waals surface area contributed by atoms with Gasteiger partial charge in [0.25, 0.3) is 6.47 Å². The number of hydrogen-bond acceptors (Lipinski definition) is 21. The zero-order valence-electron chi connectivity index (χ0n) is 35.8. The maximum Gasteiger partial charge on any atom is 0.338 e. The quantitative estimate of drug-likeness (QED) is 0.0422. The van der Waals surface area contributed by atoms with Crippen LogP contribution in [0.4, 0.5) is 0 Å². The van der Waals surface area contributed by atoms with Crippen LogP contribution in [0.5, 0.6) is 0 Å². The molecule has 0 N–H and O–H groups in total. The third kappa shape index (κ3) is 19.0. The molecule has 21 heteroatoms. The van der Waals surface area contributed by atoms with Gasteiger partial charge in [0.1, 0.15) is 64.9 Å². The van der Waals surface area contributed by atoms with E-state index in [0.717, 1.165) is 48.6 Å². The SMILES string of the molecule is C=CC(=O)OCC(COC)(COC)COC(=O)c1cc(C(=O)OCC(COC)(COC=O)COC(=O)C=C)cc(C(=O)OCC(COC(=O)C=C)(COC(=O)C=C)COC(=O)C=C)c1. The zero-order valence-corrected chi connectivity index (χ0v) is 35.8. The van der Waals surface area contributed by atoms with Crippen molar-refractivity contribution in [2.45, 2.75) is 0 Å². The highest BCUT2D eigenvalue weighted by molar-refractivity contribution is 6.00. The number of esters is 8. The highest BCUT2D eigenvalue weighted by atomic mass is 16.6. The van der Waals surface area contributed by atoms with Gasteiger partial charge in [0.15, 0.2) is 0 Å². The topological polar surface area (TPSA) is 264 Å². The van der Waals surface area contributed by atoms with Crippen molar-refractivity contribution < 1.29 is 100.0 Å². The molecule has 1 aromatic rings. The molecule has 0 bridgehead atoms. The van der Waals surface area contributed by atoms with Crippen LogP contribution in [0.3, 0.4) is 0 Å². The van der Waals surface area contributed by atoms with Gasteiger partial charge in [-0.1, -0.05) is 32.9 Å². The molecule has 350 valence electrons. The molecule has 1 atom stereocenters. The van der Waals surface area contributed by atoms with Crippen LogP contribution in [0.15, 0.2) is 81.5 Å². The summed E-state index contributed by atoms with van der Waals surface area (Å²) in [5, 5.41) is 0. The summed E-state index contributed by atoms with van der Waals surface area (Å²) < 4.78 is 63.2. The first-order chi connectivity index (χ1) is 30.5. The highest BCUT2D eigenvalue weighted by Gasteiger charge is 2.39. The van der Waals surface area contributed by atoms with E-state index in [4.69, 9.17) is 56.8 Å². The van der Waals surface area contributed by atoms with Crippen molar-refractivity contribution in [3.05, 3.63) is 98.2 Å². The number of hydrogen-bond donors (Lipinski definition) is 0. The minimum Gasteiger partial charge on any atom is -0.467 e. The van der Waals surface area contributed by atoms with Crippen LogP contribution in [-0.4, -0.2) is 155 Å². The molecule has 1 rings (SSSR count). The van der Waals surface area contributed by atoms with Gasteiger partial charge in [-0.3, -0.25) is 4.79 Å². The van der Waals surface area contributed by atoms with Crippen molar-refractivity contribution >= 4 is 54.2 Å². The van der Waals surface area contributed by atoms with Gasteiger partial charge in [0.2, 0.25) is 0 Å². The van der Waals surface area contributed by atoms with Crippen molar-refractivity contribution in [3.63, 3.8) is 0 Å². The highest BCUT2D eigenvalue weighted by Crippen LogP contribution is 2.26. The molecule has 0 aliphatic carbocycles. The third-order valence-electron chi connectivity index (χ3n) is 8.41. The van der Waals surface area contributed by atoms with Gasteiger partial charge in [-0.25, -0.2) is 38.4 Å². The molecule has 1 unspecified atom stereocenters. The first kappa shape index (κ1) is 55.0. The van der Waals surface area contributed by atoms with Crippen molar-refractivity contribution in [2.24, 2.45) is 16.2 Å². The Hall–Kier alpha value is -6.97. The minimum absolute atomic E-state index is 0.108. The van der Waals surface area contributed by atoms with Crippen LogP contribution in [0.1, 0.15) is 31.1 Å². The van der Waals surface area contributed by atoms with E-state index in [9.17, 15) is 43.2 Å². The standard InChI is InChI=1S/C43H52O21/c1-9-33(45)57-21-41(17-53-6,18-54-7)26-62-38(50)30-14-31(39(51)63-27-42(19-55-8,20-56-29-44)22-58-34(46)10-2)16-32(15-30)40(52)64-28-43(23-59-35(47)11-3,24-60-36(48)12-4)25-61-37(49)13-5/h9-16,29H,1-5,17-28H2,6-8H3. The summed E-state index contributed by atoms with van der Waals surface area (Å²) in [7, 11) is 3.97.